The Hall–Kier alpha value is -2.64. The van der Waals surface area contributed by atoms with Crippen LogP contribution in [-0.4, -0.2) is 9.97 Å². The second kappa shape index (κ2) is 6.02. The highest BCUT2D eigenvalue weighted by Crippen LogP contribution is 2.40. The molecule has 2 aromatic heterocycles. The fourth-order valence-electron chi connectivity index (χ4n) is 2.72. The van der Waals surface area contributed by atoms with Crippen LogP contribution in [-0.2, 0) is 12.4 Å². The summed E-state index contributed by atoms with van der Waals surface area (Å²) in [6, 6.07) is 8.11. The van der Waals surface area contributed by atoms with Crippen LogP contribution < -0.4 is 0 Å². The van der Waals surface area contributed by atoms with E-state index in [2.05, 4.69) is 9.97 Å². The van der Waals surface area contributed by atoms with E-state index in [9.17, 15) is 26.3 Å². The van der Waals surface area contributed by atoms with Gasteiger partial charge in [-0.3, -0.25) is 0 Å². The number of halogens is 6. The van der Waals surface area contributed by atoms with E-state index in [1.165, 1.54) is 0 Å². The number of rotatable bonds is 3. The van der Waals surface area contributed by atoms with Crippen LogP contribution in [0.25, 0.3) is 0 Å². The molecule has 0 aliphatic heterocycles. The predicted octanol–water partition coefficient (Wildman–Crippen LogP) is 5.56. The summed E-state index contributed by atoms with van der Waals surface area (Å²) in [5.41, 5.74) is -1.81. The molecule has 25 heavy (non-hydrogen) atoms. The highest BCUT2D eigenvalue weighted by atomic mass is 19.4. The number of H-pyrrole nitrogens is 2. The number of nitrogens with one attached hydrogen (secondary N) is 2. The van der Waals surface area contributed by atoms with Gasteiger partial charge in [-0.2, -0.15) is 26.3 Å². The van der Waals surface area contributed by atoms with Gasteiger partial charge in [0.05, 0.1) is 17.0 Å². The summed E-state index contributed by atoms with van der Waals surface area (Å²) in [6.45, 7) is 0. The lowest BCUT2D eigenvalue weighted by Crippen LogP contribution is -2.14. The fourth-order valence-corrected chi connectivity index (χ4v) is 2.72. The smallest absolute Gasteiger partial charge is 0.364 e. The Morgan fingerprint density at radius 3 is 1.44 bits per heavy atom. The van der Waals surface area contributed by atoms with Crippen molar-refractivity contribution < 1.29 is 26.3 Å². The van der Waals surface area contributed by atoms with E-state index in [4.69, 9.17) is 0 Å². The number of aromatic amines is 2. The van der Waals surface area contributed by atoms with E-state index in [0.29, 0.717) is 11.4 Å². The van der Waals surface area contributed by atoms with Gasteiger partial charge < -0.3 is 9.97 Å². The van der Waals surface area contributed by atoms with Gasteiger partial charge in [0, 0.05) is 23.8 Å². The number of benzene rings is 1. The van der Waals surface area contributed by atoms with Gasteiger partial charge in [-0.05, 0) is 48.0 Å². The van der Waals surface area contributed by atoms with Gasteiger partial charge in [0.25, 0.3) is 0 Å². The van der Waals surface area contributed by atoms with Gasteiger partial charge in [0.1, 0.15) is 0 Å². The van der Waals surface area contributed by atoms with Crippen molar-refractivity contribution in [3.63, 3.8) is 0 Å². The van der Waals surface area contributed by atoms with Gasteiger partial charge >= 0.3 is 12.4 Å². The van der Waals surface area contributed by atoms with Crippen molar-refractivity contribution in [1.82, 2.24) is 9.97 Å². The van der Waals surface area contributed by atoms with Crippen LogP contribution in [0.5, 0.6) is 0 Å². The molecule has 8 heteroatoms. The number of hydrogen-bond acceptors (Lipinski definition) is 0. The third-order valence-electron chi connectivity index (χ3n) is 3.81. The Bertz CT molecular complexity index is 763. The van der Waals surface area contributed by atoms with Gasteiger partial charge in [0.15, 0.2) is 0 Å². The molecule has 2 nitrogen and oxygen atoms in total. The number of hydrogen-bond donors (Lipinski definition) is 2. The third-order valence-corrected chi connectivity index (χ3v) is 3.81. The fraction of sp³-hybridized carbons (Fsp3) is 0.176. The first kappa shape index (κ1) is 17.2. The molecule has 0 aliphatic carbocycles. The summed E-state index contributed by atoms with van der Waals surface area (Å²) < 4.78 is 78.6. The van der Waals surface area contributed by atoms with Crippen molar-refractivity contribution in [1.29, 1.82) is 0 Å². The molecule has 0 bridgehead atoms. The zero-order valence-electron chi connectivity index (χ0n) is 12.5. The minimum atomic E-state index is -4.88. The minimum Gasteiger partial charge on any atom is -0.364 e. The summed E-state index contributed by atoms with van der Waals surface area (Å²) in [5.74, 6) is -0.812. The van der Waals surface area contributed by atoms with E-state index < -0.39 is 29.4 Å². The molecule has 1 aromatic carbocycles. The van der Waals surface area contributed by atoms with Crippen molar-refractivity contribution in [2.75, 3.05) is 0 Å². The van der Waals surface area contributed by atoms with Crippen LogP contribution in [0.2, 0.25) is 0 Å². The minimum absolute atomic E-state index is 0.105. The van der Waals surface area contributed by atoms with Crippen molar-refractivity contribution in [3.05, 3.63) is 82.9 Å². The largest absolute Gasteiger partial charge is 0.416 e. The molecule has 3 rings (SSSR count). The zero-order chi connectivity index (χ0) is 18.2. The lowest BCUT2D eigenvalue weighted by Gasteiger charge is -2.20. The summed E-state index contributed by atoms with van der Waals surface area (Å²) >= 11 is 0. The molecule has 2 N–H and O–H groups in total. The maximum Gasteiger partial charge on any atom is 0.416 e. The molecule has 0 spiro atoms. The average Bonchev–Trinajstić information content (AvgIpc) is 3.19. The zero-order valence-corrected chi connectivity index (χ0v) is 12.5. The Labute approximate surface area is 138 Å². The average molecular weight is 358 g/mol. The first-order valence-electron chi connectivity index (χ1n) is 7.22. The normalized spacial score (nSPS) is 12.8. The van der Waals surface area contributed by atoms with Crippen molar-refractivity contribution in [3.8, 4) is 0 Å². The molecule has 132 valence electrons. The van der Waals surface area contributed by atoms with Gasteiger partial charge in [-0.15, -0.1) is 0 Å². The molecule has 0 unspecified atom stereocenters. The molecule has 0 aliphatic rings. The molecule has 0 saturated heterocycles. The Morgan fingerprint density at radius 1 is 0.680 bits per heavy atom. The van der Waals surface area contributed by atoms with E-state index in [1.807, 2.05) is 0 Å². The third kappa shape index (κ3) is 3.57. The second-order valence-electron chi connectivity index (χ2n) is 5.52. The molecule has 0 fully saturated rings. The van der Waals surface area contributed by atoms with Gasteiger partial charge in [0.2, 0.25) is 0 Å². The van der Waals surface area contributed by atoms with E-state index in [0.717, 1.165) is 12.1 Å². The SMILES string of the molecule is FC(F)(F)c1cc(C(c2ccc[nH]2)c2ccc[nH]2)cc(C(F)(F)F)c1. The summed E-state index contributed by atoms with van der Waals surface area (Å²) in [6.07, 6.45) is -6.65. The Morgan fingerprint density at radius 2 is 1.12 bits per heavy atom. The molecule has 3 aromatic rings. The van der Waals surface area contributed by atoms with Crippen molar-refractivity contribution in [2.45, 2.75) is 18.3 Å². The second-order valence-corrected chi connectivity index (χ2v) is 5.52. The van der Waals surface area contributed by atoms with Crippen LogP contribution in [0.15, 0.2) is 54.9 Å². The monoisotopic (exact) mass is 358 g/mol. The first-order chi connectivity index (χ1) is 11.7. The molecular weight excluding hydrogens is 346 g/mol. The van der Waals surface area contributed by atoms with Crippen molar-refractivity contribution in [2.24, 2.45) is 0 Å². The molecule has 0 atom stereocenters. The molecule has 0 saturated carbocycles. The molecular formula is C17H12F6N2. The topological polar surface area (TPSA) is 31.6 Å². The molecule has 0 amide bonds. The summed E-state index contributed by atoms with van der Waals surface area (Å²) in [4.78, 5) is 5.72. The van der Waals surface area contributed by atoms with Crippen LogP contribution in [0.3, 0.4) is 0 Å². The first-order valence-corrected chi connectivity index (χ1v) is 7.22. The molecule has 0 radical (unpaired) electrons. The standard InChI is InChI=1S/C17H12F6N2/c18-16(19,20)11-7-10(8-12(9-11)17(21,22)23)15(13-3-1-5-24-13)14-4-2-6-25-14/h1-9,15,24-25H. The maximum atomic E-state index is 13.1. The number of aromatic nitrogens is 2. The number of alkyl halides is 6. The van der Waals surface area contributed by atoms with Gasteiger partial charge in [-0.1, -0.05) is 0 Å². The maximum absolute atomic E-state index is 13.1. The summed E-state index contributed by atoms with van der Waals surface area (Å²) in [7, 11) is 0. The summed E-state index contributed by atoms with van der Waals surface area (Å²) in [5, 5.41) is 0. The Kier molecular flexibility index (Phi) is 4.14. The highest BCUT2D eigenvalue weighted by molar-refractivity contribution is 5.43. The lowest BCUT2D eigenvalue weighted by atomic mass is 9.89. The van der Waals surface area contributed by atoms with Crippen LogP contribution in [0.4, 0.5) is 26.3 Å². The van der Waals surface area contributed by atoms with Crippen molar-refractivity contribution >= 4 is 0 Å². The van der Waals surface area contributed by atoms with E-state index in [-0.39, 0.29) is 11.6 Å². The van der Waals surface area contributed by atoms with E-state index in [1.54, 1.807) is 36.7 Å². The Balaban J connectivity index is 2.22. The van der Waals surface area contributed by atoms with Gasteiger partial charge in [-0.25, -0.2) is 0 Å². The van der Waals surface area contributed by atoms with Crippen LogP contribution in [0, 0.1) is 0 Å². The van der Waals surface area contributed by atoms with Crippen LogP contribution >= 0.6 is 0 Å². The van der Waals surface area contributed by atoms with Crippen LogP contribution in [0.1, 0.15) is 34.0 Å². The molecule has 2 heterocycles. The lowest BCUT2D eigenvalue weighted by molar-refractivity contribution is -0.143. The highest BCUT2D eigenvalue weighted by Gasteiger charge is 2.38. The van der Waals surface area contributed by atoms with E-state index >= 15 is 0 Å². The quantitative estimate of drug-likeness (QED) is 0.575. The predicted molar refractivity (Wildman–Crippen MR) is 79.0 cm³/mol.